The second-order valence-electron chi connectivity index (χ2n) is 6.67. The Morgan fingerprint density at radius 2 is 1.80 bits per heavy atom. The zero-order chi connectivity index (χ0) is 22.5. The van der Waals surface area contributed by atoms with Crippen LogP contribution in [-0.2, 0) is 30.3 Å². The van der Waals surface area contributed by atoms with Gasteiger partial charge < -0.3 is 24.2 Å². The van der Waals surface area contributed by atoms with E-state index in [-0.39, 0.29) is 31.8 Å². The van der Waals surface area contributed by atoms with E-state index in [2.05, 4.69) is 9.57 Å². The van der Waals surface area contributed by atoms with Gasteiger partial charge in [-0.15, -0.1) is 0 Å². The third-order valence-electron chi connectivity index (χ3n) is 4.04. The van der Waals surface area contributed by atoms with Crippen molar-refractivity contribution in [3.8, 4) is 5.75 Å². The lowest BCUT2D eigenvalue weighted by atomic mass is 10.1. The summed E-state index contributed by atoms with van der Waals surface area (Å²) in [4.78, 5) is 29.0. The first kappa shape index (κ1) is 25.8. The van der Waals surface area contributed by atoms with Crippen LogP contribution in [0, 0.1) is 0 Å². The third kappa shape index (κ3) is 10.5. The largest absolute Gasteiger partial charge is 0.491 e. The number of aliphatic hydroxyl groups is 1. The quantitative estimate of drug-likeness (QED) is 0.168. The van der Waals surface area contributed by atoms with E-state index in [0.717, 1.165) is 5.56 Å². The topological polar surface area (TPSA) is 138 Å². The predicted molar refractivity (Wildman–Crippen MR) is 102 cm³/mol. The third-order valence-corrected chi connectivity index (χ3v) is 4.04. The fourth-order valence-corrected chi connectivity index (χ4v) is 2.47. The summed E-state index contributed by atoms with van der Waals surface area (Å²) in [6, 6.07) is 6.94. The molecule has 1 amide bonds. The van der Waals surface area contributed by atoms with Gasteiger partial charge in [-0.2, -0.15) is 0 Å². The molecule has 1 atom stereocenters. The summed E-state index contributed by atoms with van der Waals surface area (Å²) in [6.07, 6.45) is -0.0808. The number of carbonyl (C=O) groups is 2. The van der Waals surface area contributed by atoms with E-state index in [0.29, 0.717) is 18.6 Å². The van der Waals surface area contributed by atoms with E-state index in [1.165, 1.54) is 12.0 Å². The van der Waals surface area contributed by atoms with Gasteiger partial charge in [-0.25, -0.2) is 4.84 Å². The molecule has 1 unspecified atom stereocenters. The highest BCUT2D eigenvalue weighted by atomic mass is 17.1. The number of esters is 1. The zero-order valence-electron chi connectivity index (χ0n) is 17.4. The molecule has 170 valence electrons. The first-order valence-corrected chi connectivity index (χ1v) is 9.37. The predicted octanol–water partition coefficient (Wildman–Crippen LogP) is 0.755. The molecule has 0 heterocycles. The number of aliphatic hydroxyl groups excluding tert-OH is 1. The number of carbonyl (C=O) groups excluding carboxylic acids is 2. The van der Waals surface area contributed by atoms with Crippen molar-refractivity contribution in [1.82, 2.24) is 10.3 Å². The second kappa shape index (κ2) is 13.9. The molecule has 0 aliphatic carbocycles. The van der Waals surface area contributed by atoms with Gasteiger partial charge >= 0.3 is 5.97 Å². The molecule has 0 spiro atoms. The molecule has 0 aromatic heterocycles. The van der Waals surface area contributed by atoms with Crippen LogP contribution in [0.3, 0.4) is 0 Å². The SMILES string of the molecule is COC(=O)CCc1ccc(OCC(O)CN(C(=O)COCON(O)O)C(C)C)cc1. The lowest BCUT2D eigenvalue weighted by Gasteiger charge is -2.29. The molecule has 0 radical (unpaired) electrons. The maximum atomic E-state index is 12.2. The van der Waals surface area contributed by atoms with Crippen molar-refractivity contribution in [2.45, 2.75) is 38.8 Å². The van der Waals surface area contributed by atoms with Crippen molar-refractivity contribution in [2.75, 3.05) is 33.7 Å². The van der Waals surface area contributed by atoms with Crippen LogP contribution in [0.5, 0.6) is 5.75 Å². The van der Waals surface area contributed by atoms with Crippen LogP contribution in [0.25, 0.3) is 0 Å². The molecule has 1 aromatic carbocycles. The Morgan fingerprint density at radius 1 is 1.13 bits per heavy atom. The minimum Gasteiger partial charge on any atom is -0.491 e. The van der Waals surface area contributed by atoms with Crippen molar-refractivity contribution in [3.05, 3.63) is 29.8 Å². The van der Waals surface area contributed by atoms with E-state index in [4.69, 9.17) is 19.9 Å². The summed E-state index contributed by atoms with van der Waals surface area (Å²) in [5.74, 6) is -0.120. The monoisotopic (exact) mass is 430 g/mol. The molecule has 30 heavy (non-hydrogen) atoms. The Bertz CT molecular complexity index is 637. The van der Waals surface area contributed by atoms with E-state index in [1.807, 2.05) is 12.1 Å². The molecule has 0 fully saturated rings. The molecule has 0 saturated heterocycles. The Balaban J connectivity index is 2.43. The Kier molecular flexibility index (Phi) is 11.9. The molecular weight excluding hydrogens is 400 g/mol. The normalized spacial score (nSPS) is 12.1. The minimum atomic E-state index is -0.933. The zero-order valence-corrected chi connectivity index (χ0v) is 17.4. The number of amides is 1. The van der Waals surface area contributed by atoms with Crippen molar-refractivity contribution >= 4 is 11.9 Å². The van der Waals surface area contributed by atoms with Crippen LogP contribution >= 0.6 is 0 Å². The van der Waals surface area contributed by atoms with Gasteiger partial charge in [-0.1, -0.05) is 12.1 Å². The highest BCUT2D eigenvalue weighted by molar-refractivity contribution is 5.77. The average Bonchev–Trinajstić information content (AvgIpc) is 2.71. The van der Waals surface area contributed by atoms with Gasteiger partial charge in [0.25, 0.3) is 0 Å². The van der Waals surface area contributed by atoms with Crippen LogP contribution in [0.15, 0.2) is 24.3 Å². The van der Waals surface area contributed by atoms with E-state index < -0.39 is 24.2 Å². The van der Waals surface area contributed by atoms with Gasteiger partial charge in [-0.05, 0) is 38.0 Å². The summed E-state index contributed by atoms with van der Waals surface area (Å²) in [6.45, 7) is 2.71. The van der Waals surface area contributed by atoms with Gasteiger partial charge in [-0.3, -0.25) is 20.0 Å². The van der Waals surface area contributed by atoms with Crippen molar-refractivity contribution in [3.63, 3.8) is 0 Å². The molecule has 0 bridgehead atoms. The number of benzene rings is 1. The Hall–Kier alpha value is -2.28. The van der Waals surface area contributed by atoms with Crippen molar-refractivity contribution < 1.29 is 44.2 Å². The summed E-state index contributed by atoms with van der Waals surface area (Å²) in [5, 5.41) is 26.5. The summed E-state index contributed by atoms with van der Waals surface area (Å²) in [5.41, 5.74) is 0.958. The number of nitrogens with zero attached hydrogens (tertiary/aromatic N) is 2. The number of hydrogen-bond acceptors (Lipinski definition) is 10. The number of hydrogen-bond donors (Lipinski definition) is 3. The van der Waals surface area contributed by atoms with Crippen LogP contribution in [0.2, 0.25) is 0 Å². The van der Waals surface area contributed by atoms with Crippen LogP contribution in [0.4, 0.5) is 0 Å². The van der Waals surface area contributed by atoms with E-state index >= 15 is 0 Å². The molecule has 0 saturated carbocycles. The van der Waals surface area contributed by atoms with Crippen LogP contribution in [-0.4, -0.2) is 83.5 Å². The van der Waals surface area contributed by atoms with Gasteiger partial charge in [0, 0.05) is 12.5 Å². The lowest BCUT2D eigenvalue weighted by Crippen LogP contribution is -2.45. The molecule has 1 aromatic rings. The maximum Gasteiger partial charge on any atom is 0.305 e. The van der Waals surface area contributed by atoms with Crippen molar-refractivity contribution in [1.29, 1.82) is 0 Å². The van der Waals surface area contributed by atoms with Gasteiger partial charge in [0.2, 0.25) is 5.91 Å². The first-order valence-electron chi connectivity index (χ1n) is 9.37. The molecule has 11 nitrogen and oxygen atoms in total. The van der Waals surface area contributed by atoms with E-state index in [9.17, 15) is 14.7 Å². The number of ether oxygens (including phenoxy) is 3. The fraction of sp³-hybridized carbons (Fsp3) is 0.579. The maximum absolute atomic E-state index is 12.2. The highest BCUT2D eigenvalue weighted by Gasteiger charge is 2.21. The fourth-order valence-electron chi connectivity index (χ4n) is 2.47. The standard InChI is InChI=1S/C19H30N2O9/c1-14(2)20(18(23)12-28-13-30-21(25)26)10-16(22)11-29-17-7-4-15(5-8-17)6-9-19(24)27-3/h4-5,7-8,14,16,22,25-26H,6,9-13H2,1-3H3. The molecule has 11 heteroatoms. The van der Waals surface area contributed by atoms with Gasteiger partial charge in [0.05, 0.1) is 19.0 Å². The second-order valence-corrected chi connectivity index (χ2v) is 6.67. The molecule has 1 rings (SSSR count). The van der Waals surface area contributed by atoms with Crippen LogP contribution < -0.4 is 4.74 Å². The van der Waals surface area contributed by atoms with Gasteiger partial charge in [0.15, 0.2) is 6.79 Å². The summed E-state index contributed by atoms with van der Waals surface area (Å²) in [7, 11) is 1.35. The lowest BCUT2D eigenvalue weighted by molar-refractivity contribution is -0.506. The Labute approximate surface area is 175 Å². The highest BCUT2D eigenvalue weighted by Crippen LogP contribution is 2.14. The molecule has 0 aliphatic rings. The van der Waals surface area contributed by atoms with Crippen molar-refractivity contribution in [2.24, 2.45) is 0 Å². The number of methoxy groups -OCH3 is 1. The molecule has 0 aliphatic heterocycles. The first-order chi connectivity index (χ1) is 14.2. The smallest absolute Gasteiger partial charge is 0.305 e. The van der Waals surface area contributed by atoms with Gasteiger partial charge in [0.1, 0.15) is 25.1 Å². The van der Waals surface area contributed by atoms with Crippen LogP contribution in [0.1, 0.15) is 25.8 Å². The number of rotatable bonds is 14. The average molecular weight is 430 g/mol. The summed E-state index contributed by atoms with van der Waals surface area (Å²) < 4.78 is 15.1. The Morgan fingerprint density at radius 3 is 2.37 bits per heavy atom. The number of aryl methyl sites for hydroxylation is 1. The minimum absolute atomic E-state index is 0.0219. The molecule has 3 N–H and O–H groups in total. The summed E-state index contributed by atoms with van der Waals surface area (Å²) >= 11 is 0. The van der Waals surface area contributed by atoms with E-state index in [1.54, 1.807) is 26.0 Å². The molecular formula is C19H30N2O9.